The van der Waals surface area contributed by atoms with Crippen molar-refractivity contribution in [2.24, 2.45) is 5.92 Å². The van der Waals surface area contributed by atoms with E-state index in [2.05, 4.69) is 9.88 Å². The van der Waals surface area contributed by atoms with Crippen LogP contribution in [0.4, 0.5) is 10.1 Å². The molecule has 0 N–H and O–H groups in total. The Morgan fingerprint density at radius 3 is 2.17 bits per heavy atom. The lowest BCUT2D eigenvalue weighted by molar-refractivity contribution is -0.141. The molecule has 0 radical (unpaired) electrons. The molecule has 1 aliphatic rings. The summed E-state index contributed by atoms with van der Waals surface area (Å²) in [6.45, 7) is 2.22. The Bertz CT molecular complexity index is 1420. The zero-order chi connectivity index (χ0) is 28.4. The lowest BCUT2D eigenvalue weighted by Crippen LogP contribution is -2.34. The maximum atomic E-state index is 15.5. The van der Waals surface area contributed by atoms with Gasteiger partial charge in [0.1, 0.15) is 19.0 Å². The van der Waals surface area contributed by atoms with Gasteiger partial charge in [-0.05, 0) is 60.1 Å². The van der Waals surface area contributed by atoms with Crippen LogP contribution in [0.5, 0.6) is 11.8 Å². The number of aromatic nitrogens is 1. The second kappa shape index (κ2) is 13.8. The highest BCUT2D eigenvalue weighted by Crippen LogP contribution is 2.35. The normalized spacial score (nSPS) is 13.6. The van der Waals surface area contributed by atoms with Gasteiger partial charge in [0.15, 0.2) is 0 Å². The van der Waals surface area contributed by atoms with Gasteiger partial charge in [0.05, 0.1) is 12.8 Å². The van der Waals surface area contributed by atoms with Gasteiger partial charge in [-0.25, -0.2) is 4.39 Å². The van der Waals surface area contributed by atoms with Gasteiger partial charge < -0.3 is 19.1 Å². The highest BCUT2D eigenvalue weighted by molar-refractivity contribution is 5.71. The number of benzene rings is 3. The number of carbonyl (C=O) groups is 1. The molecule has 3 aromatic carbocycles. The summed E-state index contributed by atoms with van der Waals surface area (Å²) in [5.74, 6) is 0.817. The van der Waals surface area contributed by atoms with Crippen molar-refractivity contribution in [2.75, 3.05) is 25.1 Å². The predicted molar refractivity (Wildman–Crippen MR) is 157 cm³/mol. The molecular weight excluding hydrogens is 519 g/mol. The van der Waals surface area contributed by atoms with Crippen LogP contribution in [0.25, 0.3) is 11.1 Å². The molecule has 0 atom stereocenters. The van der Waals surface area contributed by atoms with Crippen LogP contribution >= 0.6 is 0 Å². The van der Waals surface area contributed by atoms with Crippen molar-refractivity contribution in [1.29, 1.82) is 0 Å². The number of nitrogens with zero attached hydrogens (tertiary/aromatic N) is 2. The first-order chi connectivity index (χ1) is 20.1. The van der Waals surface area contributed by atoms with Gasteiger partial charge in [-0.15, -0.1) is 0 Å². The van der Waals surface area contributed by atoms with Crippen molar-refractivity contribution in [1.82, 2.24) is 4.98 Å². The number of pyridine rings is 1. The molecule has 6 nitrogen and oxygen atoms in total. The summed E-state index contributed by atoms with van der Waals surface area (Å²) in [6, 6.07) is 28.7. The molecule has 41 heavy (non-hydrogen) atoms. The first-order valence-electron chi connectivity index (χ1n) is 14.0. The van der Waals surface area contributed by atoms with Crippen LogP contribution in [0.3, 0.4) is 0 Å². The molecule has 5 rings (SSSR count). The molecule has 1 saturated heterocycles. The Morgan fingerprint density at radius 1 is 0.878 bits per heavy atom. The maximum absolute atomic E-state index is 15.5. The van der Waals surface area contributed by atoms with Crippen LogP contribution in [-0.2, 0) is 22.7 Å². The van der Waals surface area contributed by atoms with Crippen molar-refractivity contribution in [2.45, 2.75) is 38.9 Å². The Labute approximate surface area is 240 Å². The molecule has 0 bridgehead atoms. The molecule has 0 amide bonds. The van der Waals surface area contributed by atoms with Crippen molar-refractivity contribution in [3.05, 3.63) is 108 Å². The summed E-state index contributed by atoms with van der Waals surface area (Å²) in [5, 5.41) is 0. The van der Waals surface area contributed by atoms with Gasteiger partial charge in [-0.1, -0.05) is 66.7 Å². The van der Waals surface area contributed by atoms with Gasteiger partial charge in [-0.3, -0.25) is 4.79 Å². The van der Waals surface area contributed by atoms with Gasteiger partial charge in [0.25, 0.3) is 0 Å². The number of piperidine rings is 1. The number of rotatable bonds is 11. The Kier molecular flexibility index (Phi) is 9.47. The van der Waals surface area contributed by atoms with Crippen molar-refractivity contribution < 1.29 is 23.4 Å². The average molecular weight is 555 g/mol. The third kappa shape index (κ3) is 7.63. The van der Waals surface area contributed by atoms with Gasteiger partial charge in [-0.2, -0.15) is 4.98 Å². The summed E-state index contributed by atoms with van der Waals surface area (Å²) in [4.78, 5) is 18.2. The lowest BCUT2D eigenvalue weighted by atomic mass is 9.92. The van der Waals surface area contributed by atoms with E-state index in [0.717, 1.165) is 43.5 Å². The maximum Gasteiger partial charge on any atom is 0.305 e. The molecule has 0 saturated carbocycles. The van der Waals surface area contributed by atoms with Crippen LogP contribution < -0.4 is 14.4 Å². The molecule has 212 valence electrons. The zero-order valence-corrected chi connectivity index (χ0v) is 23.3. The molecule has 1 fully saturated rings. The number of hydrogen-bond donors (Lipinski definition) is 0. The summed E-state index contributed by atoms with van der Waals surface area (Å²) in [7, 11) is 1.42. The van der Waals surface area contributed by atoms with E-state index in [1.165, 1.54) is 7.11 Å². The molecule has 4 aromatic rings. The second-order valence-corrected chi connectivity index (χ2v) is 10.3. The third-order valence-corrected chi connectivity index (χ3v) is 7.48. The summed E-state index contributed by atoms with van der Waals surface area (Å²) in [5.41, 5.74) is 4.01. The zero-order valence-electron chi connectivity index (χ0n) is 23.3. The van der Waals surface area contributed by atoms with E-state index < -0.39 is 0 Å². The fraction of sp³-hybridized carbons (Fsp3) is 0.294. The van der Waals surface area contributed by atoms with E-state index >= 15 is 4.39 Å². The largest absolute Gasteiger partial charge is 0.473 e. The minimum Gasteiger partial charge on any atom is -0.473 e. The monoisotopic (exact) mass is 554 g/mol. The van der Waals surface area contributed by atoms with Crippen LogP contribution in [0.15, 0.2) is 91.0 Å². The van der Waals surface area contributed by atoms with E-state index in [0.29, 0.717) is 54.1 Å². The molecule has 1 aliphatic heterocycles. The van der Waals surface area contributed by atoms with E-state index in [-0.39, 0.29) is 11.8 Å². The number of anilines is 1. The standard InChI is InChI=1S/C34H35FN2O4/c1-39-33(38)17-12-25-18-20-37(21-19-25)31-15-13-28(22-30(31)35)29-14-16-32(40-23-26-8-4-2-5-9-26)36-34(29)41-24-27-10-6-3-7-11-27/h2-11,13-16,22,25H,12,17-21,23-24H2,1H3. The fourth-order valence-electron chi connectivity index (χ4n) is 5.11. The Balaban J connectivity index is 1.31. The predicted octanol–water partition coefficient (Wildman–Crippen LogP) is 7.22. The smallest absolute Gasteiger partial charge is 0.305 e. The number of hydrogen-bond acceptors (Lipinski definition) is 6. The third-order valence-electron chi connectivity index (χ3n) is 7.48. The van der Waals surface area contributed by atoms with E-state index in [9.17, 15) is 4.79 Å². The minimum absolute atomic E-state index is 0.175. The summed E-state index contributed by atoms with van der Waals surface area (Å²) < 4.78 is 32.4. The number of halogens is 1. The van der Waals surface area contributed by atoms with E-state index in [1.807, 2.05) is 78.9 Å². The Morgan fingerprint density at radius 2 is 1.54 bits per heavy atom. The fourth-order valence-corrected chi connectivity index (χ4v) is 5.11. The number of ether oxygens (including phenoxy) is 3. The van der Waals surface area contributed by atoms with E-state index in [4.69, 9.17) is 14.2 Å². The molecule has 0 spiro atoms. The second-order valence-electron chi connectivity index (χ2n) is 10.3. The van der Waals surface area contributed by atoms with Gasteiger partial charge >= 0.3 is 5.97 Å². The van der Waals surface area contributed by atoms with Crippen molar-refractivity contribution >= 4 is 11.7 Å². The molecule has 1 aromatic heterocycles. The highest BCUT2D eigenvalue weighted by atomic mass is 19.1. The highest BCUT2D eigenvalue weighted by Gasteiger charge is 2.23. The van der Waals surface area contributed by atoms with Crippen LogP contribution in [0, 0.1) is 11.7 Å². The summed E-state index contributed by atoms with van der Waals surface area (Å²) in [6.07, 6.45) is 3.09. The topological polar surface area (TPSA) is 60.9 Å². The van der Waals surface area contributed by atoms with Gasteiger partial charge in [0.2, 0.25) is 11.8 Å². The number of esters is 1. The van der Waals surface area contributed by atoms with E-state index in [1.54, 1.807) is 12.1 Å². The SMILES string of the molecule is COC(=O)CCC1CCN(c2ccc(-c3ccc(OCc4ccccc4)nc3OCc3ccccc3)cc2F)CC1. The first kappa shape index (κ1) is 28.1. The molecule has 0 unspecified atom stereocenters. The van der Waals surface area contributed by atoms with Crippen molar-refractivity contribution in [3.63, 3.8) is 0 Å². The van der Waals surface area contributed by atoms with Crippen LogP contribution in [-0.4, -0.2) is 31.2 Å². The quantitative estimate of drug-likeness (QED) is 0.183. The molecule has 2 heterocycles. The molecular formula is C34H35FN2O4. The number of carbonyl (C=O) groups excluding carboxylic acids is 1. The van der Waals surface area contributed by atoms with Gasteiger partial charge in [0, 0.05) is 31.1 Å². The van der Waals surface area contributed by atoms with Crippen LogP contribution in [0.2, 0.25) is 0 Å². The number of methoxy groups -OCH3 is 1. The van der Waals surface area contributed by atoms with Crippen molar-refractivity contribution in [3.8, 4) is 22.9 Å². The first-order valence-corrected chi connectivity index (χ1v) is 14.0. The Hall–Kier alpha value is -4.39. The molecule has 0 aliphatic carbocycles. The summed E-state index contributed by atoms with van der Waals surface area (Å²) >= 11 is 0. The minimum atomic E-state index is -0.283. The van der Waals surface area contributed by atoms with Crippen LogP contribution in [0.1, 0.15) is 36.8 Å². The molecule has 7 heteroatoms. The lowest BCUT2D eigenvalue weighted by Gasteiger charge is -2.33. The average Bonchev–Trinajstić information content (AvgIpc) is 3.03.